The molecule has 0 aliphatic carbocycles. The van der Waals surface area contributed by atoms with E-state index in [0.717, 1.165) is 15.8 Å². The molecule has 2 aromatic rings. The van der Waals surface area contributed by atoms with E-state index in [1.807, 2.05) is 41.8 Å². The standard InChI is InChI=1S/C14H14BrNOS/c1-2-12(10-6-4-3-5-7-10)16-14(17)11-8-13(15)18-9-11/h3-9,12H,2H2,1H3,(H,16,17). The van der Waals surface area contributed by atoms with Crippen molar-refractivity contribution >= 4 is 33.2 Å². The molecule has 0 aliphatic rings. The summed E-state index contributed by atoms with van der Waals surface area (Å²) in [6.45, 7) is 2.07. The first-order valence-electron chi connectivity index (χ1n) is 5.80. The van der Waals surface area contributed by atoms with Crippen LogP contribution in [0.2, 0.25) is 0 Å². The Labute approximate surface area is 119 Å². The van der Waals surface area contributed by atoms with E-state index < -0.39 is 0 Å². The molecule has 1 N–H and O–H groups in total. The molecule has 0 fully saturated rings. The number of carbonyl (C=O) groups is 1. The van der Waals surface area contributed by atoms with Crippen LogP contribution in [0.5, 0.6) is 0 Å². The lowest BCUT2D eigenvalue weighted by Crippen LogP contribution is -2.27. The first-order valence-corrected chi connectivity index (χ1v) is 7.47. The summed E-state index contributed by atoms with van der Waals surface area (Å²) < 4.78 is 0.973. The quantitative estimate of drug-likeness (QED) is 0.888. The summed E-state index contributed by atoms with van der Waals surface area (Å²) in [7, 11) is 0. The molecule has 18 heavy (non-hydrogen) atoms. The van der Waals surface area contributed by atoms with Gasteiger partial charge in [-0.05, 0) is 34.0 Å². The summed E-state index contributed by atoms with van der Waals surface area (Å²) in [6.07, 6.45) is 0.876. The lowest BCUT2D eigenvalue weighted by molar-refractivity contribution is 0.0936. The van der Waals surface area contributed by atoms with Crippen LogP contribution in [0.25, 0.3) is 0 Å². The van der Waals surface area contributed by atoms with Crippen LogP contribution in [-0.2, 0) is 0 Å². The predicted molar refractivity (Wildman–Crippen MR) is 79.0 cm³/mol. The molecular formula is C14H14BrNOS. The van der Waals surface area contributed by atoms with Gasteiger partial charge in [-0.15, -0.1) is 11.3 Å². The SMILES string of the molecule is CCC(NC(=O)c1csc(Br)c1)c1ccccc1. The van der Waals surface area contributed by atoms with Gasteiger partial charge in [0, 0.05) is 5.38 Å². The zero-order valence-electron chi connectivity index (χ0n) is 10.0. The van der Waals surface area contributed by atoms with Gasteiger partial charge in [0.2, 0.25) is 0 Å². The number of benzene rings is 1. The largest absolute Gasteiger partial charge is 0.345 e. The molecule has 0 radical (unpaired) electrons. The third-order valence-corrected chi connectivity index (χ3v) is 4.25. The van der Waals surface area contributed by atoms with Gasteiger partial charge in [0.05, 0.1) is 15.4 Å². The lowest BCUT2D eigenvalue weighted by Gasteiger charge is -2.16. The van der Waals surface area contributed by atoms with E-state index in [1.165, 1.54) is 11.3 Å². The van der Waals surface area contributed by atoms with Gasteiger partial charge in [-0.25, -0.2) is 0 Å². The molecule has 1 aromatic carbocycles. The zero-order chi connectivity index (χ0) is 13.0. The molecule has 1 unspecified atom stereocenters. The van der Waals surface area contributed by atoms with E-state index in [4.69, 9.17) is 0 Å². The maximum atomic E-state index is 12.1. The van der Waals surface area contributed by atoms with Crippen LogP contribution in [-0.4, -0.2) is 5.91 Å². The second kappa shape index (κ2) is 6.16. The minimum Gasteiger partial charge on any atom is -0.345 e. The highest BCUT2D eigenvalue weighted by molar-refractivity contribution is 9.11. The van der Waals surface area contributed by atoms with Crippen LogP contribution < -0.4 is 5.32 Å². The number of rotatable bonds is 4. The molecule has 0 spiro atoms. The molecule has 0 aliphatic heterocycles. The topological polar surface area (TPSA) is 29.1 Å². The predicted octanol–water partition coefficient (Wildman–Crippen LogP) is 4.39. The summed E-state index contributed by atoms with van der Waals surface area (Å²) in [6, 6.07) is 12.0. The van der Waals surface area contributed by atoms with Crippen LogP contribution in [0.3, 0.4) is 0 Å². The molecule has 0 bridgehead atoms. The van der Waals surface area contributed by atoms with E-state index in [-0.39, 0.29) is 11.9 Å². The van der Waals surface area contributed by atoms with Gasteiger partial charge in [-0.2, -0.15) is 0 Å². The molecule has 94 valence electrons. The average molecular weight is 324 g/mol. The highest BCUT2D eigenvalue weighted by atomic mass is 79.9. The summed E-state index contributed by atoms with van der Waals surface area (Å²) in [5.74, 6) is -0.0207. The maximum Gasteiger partial charge on any atom is 0.252 e. The van der Waals surface area contributed by atoms with Gasteiger partial charge in [0.15, 0.2) is 0 Å². The third kappa shape index (κ3) is 3.21. The minimum atomic E-state index is -0.0207. The van der Waals surface area contributed by atoms with Crippen LogP contribution in [0.4, 0.5) is 0 Å². The second-order valence-corrected chi connectivity index (χ2v) is 6.27. The molecule has 2 rings (SSSR count). The lowest BCUT2D eigenvalue weighted by atomic mass is 10.0. The van der Waals surface area contributed by atoms with Crippen LogP contribution in [0, 0.1) is 0 Å². The third-order valence-electron chi connectivity index (χ3n) is 2.75. The number of hydrogen-bond donors (Lipinski definition) is 1. The van der Waals surface area contributed by atoms with E-state index in [9.17, 15) is 4.79 Å². The summed E-state index contributed by atoms with van der Waals surface area (Å²) in [4.78, 5) is 12.1. The van der Waals surface area contributed by atoms with Crippen molar-refractivity contribution in [2.24, 2.45) is 0 Å². The van der Waals surface area contributed by atoms with Crippen molar-refractivity contribution in [1.29, 1.82) is 0 Å². The van der Waals surface area contributed by atoms with E-state index in [2.05, 4.69) is 28.2 Å². The fourth-order valence-electron chi connectivity index (χ4n) is 1.78. The second-order valence-electron chi connectivity index (χ2n) is 3.98. The maximum absolute atomic E-state index is 12.1. The highest BCUT2D eigenvalue weighted by Crippen LogP contribution is 2.22. The Kier molecular flexibility index (Phi) is 4.55. The fourth-order valence-corrected chi connectivity index (χ4v) is 2.91. The van der Waals surface area contributed by atoms with Gasteiger partial charge in [0.25, 0.3) is 5.91 Å². The van der Waals surface area contributed by atoms with Crippen molar-refractivity contribution in [2.45, 2.75) is 19.4 Å². The average Bonchev–Trinajstić information content (AvgIpc) is 2.83. The summed E-state index contributed by atoms with van der Waals surface area (Å²) in [5.41, 5.74) is 1.85. The van der Waals surface area contributed by atoms with Crippen LogP contribution >= 0.6 is 27.3 Å². The van der Waals surface area contributed by atoms with Crippen molar-refractivity contribution < 1.29 is 4.79 Å². The number of carbonyl (C=O) groups excluding carboxylic acids is 1. The highest BCUT2D eigenvalue weighted by Gasteiger charge is 2.14. The molecule has 0 saturated heterocycles. The normalized spacial score (nSPS) is 12.1. The Balaban J connectivity index is 2.10. The van der Waals surface area contributed by atoms with Crippen molar-refractivity contribution in [1.82, 2.24) is 5.32 Å². The molecule has 0 saturated carbocycles. The van der Waals surface area contributed by atoms with Crippen molar-refractivity contribution in [3.8, 4) is 0 Å². The molecular weight excluding hydrogens is 310 g/mol. The molecule has 4 heteroatoms. The van der Waals surface area contributed by atoms with E-state index in [1.54, 1.807) is 0 Å². The van der Waals surface area contributed by atoms with Crippen LogP contribution in [0.1, 0.15) is 35.3 Å². The van der Waals surface area contributed by atoms with Crippen molar-refractivity contribution in [3.63, 3.8) is 0 Å². The van der Waals surface area contributed by atoms with Crippen LogP contribution in [0.15, 0.2) is 45.6 Å². The zero-order valence-corrected chi connectivity index (χ0v) is 12.4. The minimum absolute atomic E-state index is 0.0207. The number of amides is 1. The molecule has 1 heterocycles. The Morgan fingerprint density at radius 3 is 2.67 bits per heavy atom. The molecule has 1 atom stereocenters. The summed E-state index contributed by atoms with van der Waals surface area (Å²) in [5, 5.41) is 4.92. The Morgan fingerprint density at radius 1 is 1.39 bits per heavy atom. The van der Waals surface area contributed by atoms with E-state index >= 15 is 0 Å². The fraction of sp³-hybridized carbons (Fsp3) is 0.214. The van der Waals surface area contributed by atoms with Gasteiger partial charge in [0.1, 0.15) is 0 Å². The van der Waals surface area contributed by atoms with Gasteiger partial charge >= 0.3 is 0 Å². The number of nitrogens with one attached hydrogen (secondary N) is 1. The van der Waals surface area contributed by atoms with Gasteiger partial charge in [-0.3, -0.25) is 4.79 Å². The Morgan fingerprint density at radius 2 is 2.11 bits per heavy atom. The first kappa shape index (κ1) is 13.3. The van der Waals surface area contributed by atoms with Gasteiger partial charge in [-0.1, -0.05) is 37.3 Å². The molecule has 1 amide bonds. The smallest absolute Gasteiger partial charge is 0.252 e. The molecule has 2 nitrogen and oxygen atoms in total. The Bertz CT molecular complexity index is 524. The Hall–Kier alpha value is -1.13. The van der Waals surface area contributed by atoms with Crippen molar-refractivity contribution in [2.75, 3.05) is 0 Å². The number of thiophene rings is 1. The number of halogens is 1. The van der Waals surface area contributed by atoms with Gasteiger partial charge < -0.3 is 5.32 Å². The number of hydrogen-bond acceptors (Lipinski definition) is 2. The first-order chi connectivity index (χ1) is 8.70. The van der Waals surface area contributed by atoms with E-state index in [0.29, 0.717) is 5.56 Å². The summed E-state index contributed by atoms with van der Waals surface area (Å²) >= 11 is 4.89. The monoisotopic (exact) mass is 323 g/mol. The molecule has 1 aromatic heterocycles. The van der Waals surface area contributed by atoms with Crippen molar-refractivity contribution in [3.05, 3.63) is 56.7 Å².